The number of amides is 1. The molecule has 0 radical (unpaired) electrons. The van der Waals surface area contributed by atoms with Crippen molar-refractivity contribution >= 4 is 43.3 Å². The van der Waals surface area contributed by atoms with Crippen LogP contribution in [0.25, 0.3) is 10.2 Å². The molecule has 7 nitrogen and oxygen atoms in total. The summed E-state index contributed by atoms with van der Waals surface area (Å²) in [5.41, 5.74) is 2.24. The Bertz CT molecular complexity index is 1270. The molecular formula is C21H22N2O5S2. The highest BCUT2D eigenvalue weighted by molar-refractivity contribution is 7.91. The van der Waals surface area contributed by atoms with Crippen molar-refractivity contribution < 1.29 is 22.7 Å². The fourth-order valence-corrected chi connectivity index (χ4v) is 5.31. The number of thiazole rings is 1. The summed E-state index contributed by atoms with van der Waals surface area (Å²) in [6.07, 6.45) is 0.229. The third-order valence-electron chi connectivity index (χ3n) is 4.63. The number of esters is 1. The largest absolute Gasteiger partial charge is 0.465 e. The van der Waals surface area contributed by atoms with E-state index in [1.54, 1.807) is 54.1 Å². The number of hydrogen-bond acceptors (Lipinski definition) is 6. The lowest BCUT2D eigenvalue weighted by atomic mass is 10.2. The fourth-order valence-electron chi connectivity index (χ4n) is 2.92. The first-order valence-corrected chi connectivity index (χ1v) is 11.7. The van der Waals surface area contributed by atoms with Gasteiger partial charge >= 0.3 is 5.97 Å². The lowest BCUT2D eigenvalue weighted by molar-refractivity contribution is -0.118. The van der Waals surface area contributed by atoms with Crippen LogP contribution in [0.4, 0.5) is 0 Å². The van der Waals surface area contributed by atoms with E-state index in [1.807, 2.05) is 6.92 Å². The second kappa shape index (κ2) is 8.93. The fraction of sp³-hybridized carbons (Fsp3) is 0.286. The molecule has 0 aliphatic carbocycles. The molecule has 1 heterocycles. The molecule has 158 valence electrons. The van der Waals surface area contributed by atoms with Crippen molar-refractivity contribution in [2.75, 3.05) is 12.9 Å². The van der Waals surface area contributed by atoms with Gasteiger partial charge in [0.2, 0.25) is 5.91 Å². The van der Waals surface area contributed by atoms with E-state index in [-0.39, 0.29) is 29.4 Å². The van der Waals surface area contributed by atoms with Crippen molar-refractivity contribution in [1.82, 2.24) is 4.57 Å². The van der Waals surface area contributed by atoms with Gasteiger partial charge in [-0.1, -0.05) is 29.0 Å². The van der Waals surface area contributed by atoms with Crippen molar-refractivity contribution in [3.63, 3.8) is 0 Å². The predicted octanol–water partition coefficient (Wildman–Crippen LogP) is 3.02. The van der Waals surface area contributed by atoms with Gasteiger partial charge in [-0.05, 0) is 43.7 Å². The van der Waals surface area contributed by atoms with E-state index >= 15 is 0 Å². The summed E-state index contributed by atoms with van der Waals surface area (Å²) < 4.78 is 32.1. The summed E-state index contributed by atoms with van der Waals surface area (Å²) in [4.78, 5) is 28.9. The third-order valence-corrected chi connectivity index (χ3v) is 7.55. The second-order valence-electron chi connectivity index (χ2n) is 6.86. The Morgan fingerprint density at radius 3 is 2.50 bits per heavy atom. The van der Waals surface area contributed by atoms with Crippen LogP contribution < -0.4 is 4.80 Å². The van der Waals surface area contributed by atoms with Crippen LogP contribution in [0.2, 0.25) is 0 Å². The SMILES string of the molecule is COC(=O)c1ccc2c(c1)sc(=NC(=O)CCCS(=O)(=O)c1ccc(C)cc1)n2C. The van der Waals surface area contributed by atoms with Crippen LogP contribution in [0.5, 0.6) is 0 Å². The summed E-state index contributed by atoms with van der Waals surface area (Å²) in [6, 6.07) is 11.8. The van der Waals surface area contributed by atoms with Gasteiger partial charge in [0.1, 0.15) is 0 Å². The topological polar surface area (TPSA) is 94.8 Å². The van der Waals surface area contributed by atoms with E-state index in [1.165, 1.54) is 18.4 Å². The minimum atomic E-state index is -3.43. The minimum absolute atomic E-state index is 0.0345. The number of benzene rings is 2. The van der Waals surface area contributed by atoms with Crippen LogP contribution in [0.3, 0.4) is 0 Å². The third kappa shape index (κ3) is 4.85. The van der Waals surface area contributed by atoms with E-state index in [9.17, 15) is 18.0 Å². The number of hydrogen-bond donors (Lipinski definition) is 0. The molecule has 0 atom stereocenters. The molecule has 30 heavy (non-hydrogen) atoms. The van der Waals surface area contributed by atoms with Crippen LogP contribution in [0, 0.1) is 6.92 Å². The maximum Gasteiger partial charge on any atom is 0.337 e. The van der Waals surface area contributed by atoms with Gasteiger partial charge < -0.3 is 9.30 Å². The van der Waals surface area contributed by atoms with E-state index < -0.39 is 15.8 Å². The molecule has 9 heteroatoms. The van der Waals surface area contributed by atoms with Gasteiger partial charge in [-0.15, -0.1) is 0 Å². The molecule has 0 aliphatic rings. The quantitative estimate of drug-likeness (QED) is 0.543. The highest BCUT2D eigenvalue weighted by atomic mass is 32.2. The number of aryl methyl sites for hydroxylation is 2. The Morgan fingerprint density at radius 2 is 1.83 bits per heavy atom. The van der Waals surface area contributed by atoms with Crippen LogP contribution in [-0.4, -0.2) is 37.7 Å². The minimum Gasteiger partial charge on any atom is -0.465 e. The molecule has 0 spiro atoms. The van der Waals surface area contributed by atoms with Gasteiger partial charge in [-0.3, -0.25) is 4.79 Å². The van der Waals surface area contributed by atoms with Crippen LogP contribution in [0.1, 0.15) is 28.8 Å². The van der Waals surface area contributed by atoms with E-state index in [2.05, 4.69) is 4.99 Å². The molecule has 0 N–H and O–H groups in total. The number of carbonyl (C=O) groups is 2. The molecular weight excluding hydrogens is 424 g/mol. The predicted molar refractivity (Wildman–Crippen MR) is 115 cm³/mol. The summed E-state index contributed by atoms with van der Waals surface area (Å²) in [5, 5.41) is 0. The Hall–Kier alpha value is -2.78. The molecule has 3 rings (SSSR count). The zero-order valence-corrected chi connectivity index (χ0v) is 18.5. The number of nitrogens with zero attached hydrogens (tertiary/aromatic N) is 2. The summed E-state index contributed by atoms with van der Waals surface area (Å²) >= 11 is 1.28. The molecule has 2 aromatic carbocycles. The average Bonchev–Trinajstić information content (AvgIpc) is 3.02. The molecule has 0 bridgehead atoms. The van der Waals surface area contributed by atoms with Crippen LogP contribution >= 0.6 is 11.3 Å². The lowest BCUT2D eigenvalue weighted by Gasteiger charge is -2.04. The first kappa shape index (κ1) is 21.9. The van der Waals surface area contributed by atoms with Crippen molar-refractivity contribution in [3.05, 3.63) is 58.4 Å². The van der Waals surface area contributed by atoms with Gasteiger partial charge in [0, 0.05) is 13.5 Å². The number of ether oxygens (including phenoxy) is 1. The van der Waals surface area contributed by atoms with Crippen molar-refractivity contribution in [2.45, 2.75) is 24.7 Å². The number of fused-ring (bicyclic) bond motifs is 1. The van der Waals surface area contributed by atoms with Crippen LogP contribution in [0.15, 0.2) is 52.4 Å². The Kier molecular flexibility index (Phi) is 6.52. The molecule has 0 saturated carbocycles. The van der Waals surface area contributed by atoms with Crippen molar-refractivity contribution in [2.24, 2.45) is 12.0 Å². The standard InChI is InChI=1S/C21H22N2O5S2/c1-14-6-9-16(10-7-14)30(26,27)12-4-5-19(24)22-21-23(2)17-11-8-15(20(25)28-3)13-18(17)29-21/h6-11,13H,4-5,12H2,1-3H3. The number of carbonyl (C=O) groups excluding carboxylic acids is 2. The average molecular weight is 447 g/mol. The molecule has 0 aliphatic heterocycles. The molecule has 0 fully saturated rings. The zero-order valence-electron chi connectivity index (χ0n) is 16.9. The Morgan fingerprint density at radius 1 is 1.13 bits per heavy atom. The van der Waals surface area contributed by atoms with Crippen LogP contribution in [-0.2, 0) is 26.4 Å². The highest BCUT2D eigenvalue weighted by Gasteiger charge is 2.15. The highest BCUT2D eigenvalue weighted by Crippen LogP contribution is 2.19. The maximum absolute atomic E-state index is 12.4. The van der Waals surface area contributed by atoms with Gasteiger partial charge in [0.15, 0.2) is 14.6 Å². The van der Waals surface area contributed by atoms with Gasteiger partial charge in [-0.2, -0.15) is 4.99 Å². The monoisotopic (exact) mass is 446 g/mol. The van der Waals surface area contributed by atoms with E-state index in [4.69, 9.17) is 4.74 Å². The van der Waals surface area contributed by atoms with E-state index in [0.717, 1.165) is 15.8 Å². The molecule has 3 aromatic rings. The summed E-state index contributed by atoms with van der Waals surface area (Å²) in [6.45, 7) is 1.89. The Balaban J connectivity index is 1.71. The van der Waals surface area contributed by atoms with E-state index in [0.29, 0.717) is 10.4 Å². The normalized spacial score (nSPS) is 12.3. The maximum atomic E-state index is 12.4. The van der Waals surface area contributed by atoms with Crippen molar-refractivity contribution in [3.8, 4) is 0 Å². The zero-order chi connectivity index (χ0) is 21.9. The summed E-state index contributed by atoms with van der Waals surface area (Å²) in [5.74, 6) is -0.931. The first-order valence-electron chi connectivity index (χ1n) is 9.26. The molecule has 1 aromatic heterocycles. The van der Waals surface area contributed by atoms with Gasteiger partial charge in [0.25, 0.3) is 0 Å². The number of rotatable bonds is 6. The second-order valence-corrected chi connectivity index (χ2v) is 9.98. The van der Waals surface area contributed by atoms with Crippen molar-refractivity contribution in [1.29, 1.82) is 0 Å². The summed E-state index contributed by atoms with van der Waals surface area (Å²) in [7, 11) is -0.329. The van der Waals surface area contributed by atoms with Gasteiger partial charge in [0.05, 0.1) is 33.5 Å². The number of methoxy groups -OCH3 is 1. The first-order chi connectivity index (χ1) is 14.2. The number of aromatic nitrogens is 1. The lowest BCUT2D eigenvalue weighted by Crippen LogP contribution is -2.14. The molecule has 1 amide bonds. The molecule has 0 saturated heterocycles. The van der Waals surface area contributed by atoms with Gasteiger partial charge in [-0.25, -0.2) is 13.2 Å². The Labute approximate surface area is 178 Å². The molecule has 0 unspecified atom stereocenters. The smallest absolute Gasteiger partial charge is 0.337 e. The number of sulfone groups is 1.